The predicted molar refractivity (Wildman–Crippen MR) is 208 cm³/mol. The minimum absolute atomic E-state index is 0. The van der Waals surface area contributed by atoms with Crippen molar-refractivity contribution in [3.05, 3.63) is 143 Å². The van der Waals surface area contributed by atoms with Gasteiger partial charge >= 0.3 is 310 Å². The van der Waals surface area contributed by atoms with Crippen molar-refractivity contribution in [2.24, 2.45) is 0 Å². The normalized spacial score (nSPS) is 13.7. The number of halogens is 4. The second-order valence-electron chi connectivity index (χ2n) is 14.3. The van der Waals surface area contributed by atoms with Gasteiger partial charge in [-0.25, -0.2) is 0 Å². The first-order valence-corrected chi connectivity index (χ1v) is 22.5. The van der Waals surface area contributed by atoms with Crippen molar-refractivity contribution in [3.8, 4) is 11.1 Å². The summed E-state index contributed by atoms with van der Waals surface area (Å²) in [6.07, 6.45) is 16.2. The van der Waals surface area contributed by atoms with E-state index in [1.807, 2.05) is 0 Å². The molecule has 4 aromatic rings. The molecule has 2 aliphatic carbocycles. The third-order valence-corrected chi connectivity index (χ3v) is 19.2. The quantitative estimate of drug-likeness (QED) is 0.131. The molecule has 262 valence electrons. The molecule has 2 aliphatic rings. The van der Waals surface area contributed by atoms with E-state index in [0.29, 0.717) is 11.8 Å². The van der Waals surface area contributed by atoms with Gasteiger partial charge in [0.05, 0.1) is 0 Å². The van der Waals surface area contributed by atoms with Crippen molar-refractivity contribution in [2.75, 3.05) is 0 Å². The van der Waals surface area contributed by atoms with Crippen LogP contribution in [0.15, 0.2) is 88.2 Å². The zero-order chi connectivity index (χ0) is 33.9. The molecule has 2 atom stereocenters. The Morgan fingerprint density at radius 3 is 1.80 bits per heavy atom. The monoisotopic (exact) mass is 820 g/mol. The number of hydrogen-bond acceptors (Lipinski definition) is 0. The minimum Gasteiger partial charge on any atom is -1.00 e. The van der Waals surface area contributed by atoms with Crippen molar-refractivity contribution in [3.63, 3.8) is 0 Å². The number of aryl methyl sites for hydroxylation is 1. The van der Waals surface area contributed by atoms with Crippen molar-refractivity contribution in [2.45, 2.75) is 105 Å². The topological polar surface area (TPSA) is 0 Å². The van der Waals surface area contributed by atoms with E-state index in [2.05, 4.69) is 127 Å². The molecule has 0 radical (unpaired) electrons. The molecule has 0 nitrogen and oxygen atoms in total. The van der Waals surface area contributed by atoms with E-state index in [-0.39, 0.29) is 24.8 Å². The van der Waals surface area contributed by atoms with Crippen LogP contribution in [0.4, 0.5) is 0 Å². The molecular weight excluding hydrogens is 774 g/mol. The van der Waals surface area contributed by atoms with Crippen LogP contribution < -0.4 is 28.1 Å². The number of hydrogen-bond donors (Lipinski definition) is 0. The van der Waals surface area contributed by atoms with E-state index in [1.54, 1.807) is 26.4 Å². The van der Waals surface area contributed by atoms with Crippen LogP contribution in [0.25, 0.3) is 11.1 Å². The van der Waals surface area contributed by atoms with Gasteiger partial charge in [0.1, 0.15) is 0 Å². The van der Waals surface area contributed by atoms with Gasteiger partial charge in [0.2, 0.25) is 0 Å². The van der Waals surface area contributed by atoms with E-state index < -0.39 is 21.3 Å². The number of benzene rings is 4. The summed E-state index contributed by atoms with van der Waals surface area (Å²) in [5, 5.41) is 1.60. The van der Waals surface area contributed by atoms with E-state index in [4.69, 9.17) is 23.2 Å². The fourth-order valence-electron chi connectivity index (χ4n) is 8.34. The molecule has 0 fully saturated rings. The maximum Gasteiger partial charge on any atom is -1.00 e. The number of fused-ring (bicyclic) bond motifs is 3. The van der Waals surface area contributed by atoms with Gasteiger partial charge in [0.25, 0.3) is 0 Å². The van der Waals surface area contributed by atoms with Gasteiger partial charge in [0.15, 0.2) is 0 Å². The average Bonchev–Trinajstić information content (AvgIpc) is 3.72. The van der Waals surface area contributed by atoms with Crippen LogP contribution in [0.2, 0.25) is 10.0 Å². The molecule has 0 amide bonds. The summed E-state index contributed by atoms with van der Waals surface area (Å²) in [5.41, 5.74) is 15.0. The van der Waals surface area contributed by atoms with E-state index in [0.717, 1.165) is 35.7 Å². The summed E-state index contributed by atoms with van der Waals surface area (Å²) in [7, 11) is 0. The van der Waals surface area contributed by atoms with Crippen LogP contribution in [-0.4, -0.2) is 3.21 Å². The van der Waals surface area contributed by atoms with Crippen molar-refractivity contribution in [1.29, 1.82) is 0 Å². The molecule has 0 saturated heterocycles. The van der Waals surface area contributed by atoms with Gasteiger partial charge in [-0.2, -0.15) is 0 Å². The largest absolute Gasteiger partial charge is 1.00 e. The van der Waals surface area contributed by atoms with Crippen LogP contribution in [-0.2, 0) is 40.5 Å². The molecule has 6 rings (SSSR count). The molecule has 5 heteroatoms. The Morgan fingerprint density at radius 1 is 0.740 bits per heavy atom. The van der Waals surface area contributed by atoms with Gasteiger partial charge in [-0.1, -0.05) is 0 Å². The van der Waals surface area contributed by atoms with E-state index >= 15 is 0 Å². The Kier molecular flexibility index (Phi) is 15.1. The maximum absolute atomic E-state index is 6.39. The molecule has 0 spiro atoms. The first kappa shape index (κ1) is 41.0. The standard InChI is InChI=1S/C25H33.C15H12Cl2.C5H5.2ClH.Zr/c1-7-9-16(3)22-14-24-20(11-18(22)5)13-21-12-19(6)23(15-25(21)24)17(4)10-8-2;16-14-8-4-12(5-9-14)2-1-3-13-6-10-15(17)11-7-13;1-2-4-5-3-1;;;/h11,14-17H,7-10,13H2,1-6H3;4-11H,2-3H2;1-3H,4H2;2*1H;/q;;;;;+2/p-2. The van der Waals surface area contributed by atoms with Gasteiger partial charge < -0.3 is 24.8 Å². The number of allylic oxidation sites excluding steroid dienone is 4. The summed E-state index contributed by atoms with van der Waals surface area (Å²) < 4.78 is 5.18. The summed E-state index contributed by atoms with van der Waals surface area (Å²) in [5.74, 6) is 1.11. The molecule has 4 aromatic carbocycles. The molecule has 0 N–H and O–H groups in total. The molecule has 2 unspecified atom stereocenters. The average molecular weight is 824 g/mol. The minimum atomic E-state index is -2.69. The predicted octanol–water partition coefficient (Wildman–Crippen LogP) is 6.74. The molecule has 0 aromatic heterocycles. The van der Waals surface area contributed by atoms with Gasteiger partial charge in [0, 0.05) is 0 Å². The maximum atomic E-state index is 6.39. The van der Waals surface area contributed by atoms with E-state index in [9.17, 15) is 0 Å². The molecular formula is C45H50Cl4Zr. The zero-order valence-corrected chi connectivity index (χ0v) is 35.9. The fraction of sp³-hybridized carbons (Fsp3) is 0.356. The van der Waals surface area contributed by atoms with Crippen LogP contribution in [0.1, 0.15) is 116 Å². The Morgan fingerprint density at radius 2 is 1.28 bits per heavy atom. The van der Waals surface area contributed by atoms with E-state index in [1.165, 1.54) is 64.6 Å². The van der Waals surface area contributed by atoms with Crippen molar-refractivity contribution < 1.29 is 46.1 Å². The molecule has 0 bridgehead atoms. The Labute approximate surface area is 331 Å². The van der Waals surface area contributed by atoms with Gasteiger partial charge in [-0.3, -0.25) is 0 Å². The summed E-state index contributed by atoms with van der Waals surface area (Å²) in [6.45, 7) is 14.3. The Bertz CT molecular complexity index is 1850. The Hall–Kier alpha value is -1.73. The Balaban J connectivity index is 0.00000281. The molecule has 0 saturated carbocycles. The molecule has 0 aliphatic heterocycles. The zero-order valence-electron chi connectivity index (χ0n) is 30.4. The third kappa shape index (κ3) is 8.89. The van der Waals surface area contributed by atoms with Gasteiger partial charge in [-0.15, -0.1) is 0 Å². The molecule has 50 heavy (non-hydrogen) atoms. The fourth-order valence-corrected chi connectivity index (χ4v) is 17.2. The molecule has 0 heterocycles. The third-order valence-electron chi connectivity index (χ3n) is 10.7. The van der Waals surface area contributed by atoms with Crippen molar-refractivity contribution >= 4 is 29.7 Å². The first-order chi connectivity index (χ1) is 23.2. The summed E-state index contributed by atoms with van der Waals surface area (Å²) in [4.78, 5) is 0. The summed E-state index contributed by atoms with van der Waals surface area (Å²) in [6, 6.07) is 24.9. The van der Waals surface area contributed by atoms with Crippen LogP contribution in [0.3, 0.4) is 0 Å². The number of rotatable bonds is 12. The van der Waals surface area contributed by atoms with Gasteiger partial charge in [-0.05, 0) is 0 Å². The van der Waals surface area contributed by atoms with Crippen LogP contribution >= 0.6 is 23.2 Å². The second-order valence-corrected chi connectivity index (χ2v) is 21.6. The second kappa shape index (κ2) is 18.3. The SMILES string of the molecule is CCCC(C)c1cc2c(cc1C)Cc1c-2cc(C(C)CCC)c(C)[c]1[Zr+2]([C]1=CC=CC1)=[C](Cc1ccc(Cl)cc1)Cc1ccc(Cl)cc1.[Cl-].[Cl-]. The van der Waals surface area contributed by atoms with Crippen molar-refractivity contribution in [1.82, 2.24) is 0 Å². The van der Waals surface area contributed by atoms with Crippen LogP contribution in [0.5, 0.6) is 0 Å². The first-order valence-electron chi connectivity index (χ1n) is 18.1. The smallest absolute Gasteiger partial charge is 1.00 e. The summed E-state index contributed by atoms with van der Waals surface area (Å²) >= 11 is 10.1. The van der Waals surface area contributed by atoms with Crippen LogP contribution in [0, 0.1) is 13.8 Å².